The third-order valence-corrected chi connectivity index (χ3v) is 3.76. The van der Waals surface area contributed by atoms with E-state index in [4.69, 9.17) is 0 Å². The minimum Gasteiger partial charge on any atom is -0.324 e. The second kappa shape index (κ2) is 7.22. The van der Waals surface area contributed by atoms with Crippen molar-refractivity contribution in [2.24, 2.45) is 0 Å². The summed E-state index contributed by atoms with van der Waals surface area (Å²) in [5, 5.41) is 8.86. The Hall–Kier alpha value is -1.88. The van der Waals surface area contributed by atoms with Crippen molar-refractivity contribution in [3.8, 4) is 0 Å². The Kier molecular flexibility index (Phi) is 5.33. The third-order valence-electron chi connectivity index (χ3n) is 3.76. The van der Waals surface area contributed by atoms with Gasteiger partial charge in [0.25, 0.3) is 0 Å². The molecule has 21 heavy (non-hydrogen) atoms. The van der Waals surface area contributed by atoms with E-state index in [0.717, 1.165) is 12.0 Å². The number of nitrogens with one attached hydrogen (secondary N) is 3. The molecular weight excluding hydrogens is 266 g/mol. The molecule has 1 atom stereocenters. The molecule has 3 N–H and O–H groups in total. The monoisotopic (exact) mass is 289 g/mol. The van der Waals surface area contributed by atoms with Gasteiger partial charge in [-0.2, -0.15) is 0 Å². The number of hydrogen-bond donors (Lipinski definition) is 3. The maximum atomic E-state index is 11.6. The predicted molar refractivity (Wildman–Crippen MR) is 84.3 cm³/mol. The van der Waals surface area contributed by atoms with Gasteiger partial charge in [0.1, 0.15) is 6.42 Å². The van der Waals surface area contributed by atoms with Gasteiger partial charge in [-0.1, -0.05) is 32.3 Å². The molecule has 1 unspecified atom stereocenters. The van der Waals surface area contributed by atoms with Gasteiger partial charge in [0, 0.05) is 6.04 Å². The van der Waals surface area contributed by atoms with Crippen LogP contribution >= 0.6 is 0 Å². The van der Waals surface area contributed by atoms with E-state index in [-0.39, 0.29) is 24.3 Å². The summed E-state index contributed by atoms with van der Waals surface area (Å²) in [7, 11) is 1.95. The van der Waals surface area contributed by atoms with Crippen molar-refractivity contribution in [3.63, 3.8) is 0 Å². The van der Waals surface area contributed by atoms with E-state index in [9.17, 15) is 9.59 Å². The van der Waals surface area contributed by atoms with E-state index in [0.29, 0.717) is 11.4 Å². The molecule has 2 rings (SSSR count). The summed E-state index contributed by atoms with van der Waals surface area (Å²) in [4.78, 5) is 23.2. The first-order valence-corrected chi connectivity index (χ1v) is 7.55. The molecule has 1 aromatic carbocycles. The number of unbranched alkanes of at least 4 members (excludes halogenated alkanes) is 2. The Balaban J connectivity index is 2.18. The molecule has 0 bridgehead atoms. The summed E-state index contributed by atoms with van der Waals surface area (Å²) in [6.45, 7) is 2.19. The van der Waals surface area contributed by atoms with Crippen molar-refractivity contribution in [1.82, 2.24) is 5.32 Å². The first kappa shape index (κ1) is 15.5. The van der Waals surface area contributed by atoms with Crippen molar-refractivity contribution in [2.45, 2.75) is 45.1 Å². The summed E-state index contributed by atoms with van der Waals surface area (Å²) in [6.07, 6.45) is 4.51. The molecule has 2 amide bonds. The average Bonchev–Trinajstić information content (AvgIpc) is 2.59. The fourth-order valence-electron chi connectivity index (χ4n) is 2.60. The largest absolute Gasteiger partial charge is 0.324 e. The van der Waals surface area contributed by atoms with Gasteiger partial charge in [0.2, 0.25) is 11.8 Å². The molecule has 0 radical (unpaired) electrons. The molecule has 1 aliphatic heterocycles. The lowest BCUT2D eigenvalue weighted by Gasteiger charge is -2.18. The van der Waals surface area contributed by atoms with E-state index >= 15 is 0 Å². The van der Waals surface area contributed by atoms with E-state index in [1.807, 2.05) is 25.2 Å². The van der Waals surface area contributed by atoms with Crippen molar-refractivity contribution < 1.29 is 9.59 Å². The molecule has 1 heterocycles. The van der Waals surface area contributed by atoms with Gasteiger partial charge < -0.3 is 16.0 Å². The van der Waals surface area contributed by atoms with Crippen LogP contribution in [0.3, 0.4) is 0 Å². The van der Waals surface area contributed by atoms with Gasteiger partial charge in [0.15, 0.2) is 0 Å². The summed E-state index contributed by atoms with van der Waals surface area (Å²) in [5.74, 6) is -0.539. The number of hydrogen-bond acceptors (Lipinski definition) is 3. The molecule has 0 spiro atoms. The van der Waals surface area contributed by atoms with Gasteiger partial charge in [-0.3, -0.25) is 9.59 Å². The van der Waals surface area contributed by atoms with Gasteiger partial charge in [-0.15, -0.1) is 0 Å². The summed E-state index contributed by atoms with van der Waals surface area (Å²) in [5.41, 5.74) is 2.47. The minimum absolute atomic E-state index is 0.129. The lowest BCUT2D eigenvalue weighted by molar-refractivity contribution is -0.123. The Morgan fingerprint density at radius 1 is 1.14 bits per heavy atom. The molecular formula is C16H23N3O2. The van der Waals surface area contributed by atoms with E-state index in [1.165, 1.54) is 19.3 Å². The topological polar surface area (TPSA) is 70.2 Å². The van der Waals surface area contributed by atoms with Crippen LogP contribution in [0.5, 0.6) is 0 Å². The number of benzene rings is 1. The number of anilines is 2. The molecule has 0 aliphatic carbocycles. The maximum absolute atomic E-state index is 11.6. The highest BCUT2D eigenvalue weighted by Gasteiger charge is 2.19. The van der Waals surface area contributed by atoms with Gasteiger partial charge in [-0.25, -0.2) is 0 Å². The predicted octanol–water partition coefficient (Wildman–Crippen LogP) is 2.81. The second-order valence-corrected chi connectivity index (χ2v) is 5.42. The lowest BCUT2D eigenvalue weighted by Crippen LogP contribution is -2.17. The first-order chi connectivity index (χ1) is 10.1. The zero-order valence-electron chi connectivity index (χ0n) is 12.7. The molecule has 1 aliphatic rings. The van der Waals surface area contributed by atoms with Crippen LogP contribution in [0.2, 0.25) is 0 Å². The van der Waals surface area contributed by atoms with Crippen LogP contribution in [-0.2, 0) is 9.59 Å². The quantitative estimate of drug-likeness (QED) is 0.557. The Morgan fingerprint density at radius 3 is 2.52 bits per heavy atom. The van der Waals surface area contributed by atoms with E-state index in [2.05, 4.69) is 22.9 Å². The molecule has 0 aromatic heterocycles. The number of amides is 2. The number of carbonyl (C=O) groups is 2. The highest BCUT2D eigenvalue weighted by atomic mass is 16.2. The summed E-state index contributed by atoms with van der Waals surface area (Å²) in [6, 6.07) is 6.08. The van der Waals surface area contributed by atoms with Crippen molar-refractivity contribution in [3.05, 3.63) is 23.8 Å². The fourth-order valence-corrected chi connectivity index (χ4v) is 2.60. The Bertz CT molecular complexity index is 528. The highest BCUT2D eigenvalue weighted by molar-refractivity contribution is 6.13. The van der Waals surface area contributed by atoms with Gasteiger partial charge >= 0.3 is 0 Å². The van der Waals surface area contributed by atoms with Crippen LogP contribution in [0, 0.1) is 0 Å². The highest BCUT2D eigenvalue weighted by Crippen LogP contribution is 2.30. The van der Waals surface area contributed by atoms with Crippen molar-refractivity contribution >= 4 is 23.2 Å². The molecule has 5 heteroatoms. The SMILES string of the molecule is CCCCCC(NC)c1ccc2c(c1)NC(=O)CC(=O)N2. The fraction of sp³-hybridized carbons (Fsp3) is 0.500. The standard InChI is InChI=1S/C16H23N3O2/c1-3-4-5-6-12(17-2)11-7-8-13-14(9-11)19-16(21)10-15(20)18-13/h7-9,12,17H,3-6,10H2,1-2H3,(H,18,20)(H,19,21). The Morgan fingerprint density at radius 2 is 1.86 bits per heavy atom. The number of carbonyl (C=O) groups excluding carboxylic acids is 2. The zero-order chi connectivity index (χ0) is 15.2. The van der Waals surface area contributed by atoms with Crippen molar-refractivity contribution in [1.29, 1.82) is 0 Å². The summed E-state index contributed by atoms with van der Waals surface area (Å²) >= 11 is 0. The van der Waals surface area contributed by atoms with Gasteiger partial charge in [-0.05, 0) is 31.2 Å². The Labute approximate surface area is 125 Å². The van der Waals surface area contributed by atoms with Gasteiger partial charge in [0.05, 0.1) is 11.4 Å². The van der Waals surface area contributed by atoms with Crippen LogP contribution in [0.1, 0.15) is 50.6 Å². The second-order valence-electron chi connectivity index (χ2n) is 5.42. The van der Waals surface area contributed by atoms with Crippen LogP contribution in [-0.4, -0.2) is 18.9 Å². The lowest BCUT2D eigenvalue weighted by atomic mass is 9.99. The van der Waals surface area contributed by atoms with Crippen LogP contribution in [0.4, 0.5) is 11.4 Å². The molecule has 0 fully saturated rings. The van der Waals surface area contributed by atoms with E-state index < -0.39 is 0 Å². The zero-order valence-corrected chi connectivity index (χ0v) is 12.7. The molecule has 5 nitrogen and oxygen atoms in total. The molecule has 0 saturated carbocycles. The molecule has 1 aromatic rings. The minimum atomic E-state index is -0.271. The van der Waals surface area contributed by atoms with Crippen LogP contribution in [0.25, 0.3) is 0 Å². The van der Waals surface area contributed by atoms with Crippen molar-refractivity contribution in [2.75, 3.05) is 17.7 Å². The normalized spacial score (nSPS) is 15.7. The number of fused-ring (bicyclic) bond motifs is 1. The molecule has 114 valence electrons. The van der Waals surface area contributed by atoms with Crippen LogP contribution < -0.4 is 16.0 Å². The molecule has 0 saturated heterocycles. The summed E-state index contributed by atoms with van der Waals surface area (Å²) < 4.78 is 0. The first-order valence-electron chi connectivity index (χ1n) is 7.55. The van der Waals surface area contributed by atoms with Crippen LogP contribution in [0.15, 0.2) is 18.2 Å². The maximum Gasteiger partial charge on any atom is 0.233 e. The van der Waals surface area contributed by atoms with E-state index in [1.54, 1.807) is 0 Å². The third kappa shape index (κ3) is 4.04. The smallest absolute Gasteiger partial charge is 0.233 e. The average molecular weight is 289 g/mol. The number of rotatable bonds is 6.